The van der Waals surface area contributed by atoms with Gasteiger partial charge in [0.05, 0.1) is 25.3 Å². The fraction of sp³-hybridized carbons (Fsp3) is 0.286. The van der Waals surface area contributed by atoms with E-state index in [0.717, 1.165) is 16.7 Å². The Hall–Kier alpha value is -3.35. The Bertz CT molecular complexity index is 935. The second-order valence-corrected chi connectivity index (χ2v) is 6.20. The Morgan fingerprint density at radius 1 is 1.00 bits per heavy atom. The summed E-state index contributed by atoms with van der Waals surface area (Å²) in [6.07, 6.45) is 0.670. The highest BCUT2D eigenvalue weighted by molar-refractivity contribution is 5.87. The Morgan fingerprint density at radius 3 is 2.39 bits per heavy atom. The standard InChI is InChI=1S/C21H23N3O4/c1-3-27-20-22-21(28-4-2)24(23-20)14-16-10-8-15(9-11-16)12-17-6-5-7-18(13-17)19(25)26/h5-11,13H,3-4,12,14H2,1-2H3,(H,25,26). The maximum absolute atomic E-state index is 11.1. The quantitative estimate of drug-likeness (QED) is 0.611. The summed E-state index contributed by atoms with van der Waals surface area (Å²) in [5.74, 6) is -0.915. The molecule has 0 atom stereocenters. The van der Waals surface area contributed by atoms with Crippen molar-refractivity contribution in [1.29, 1.82) is 0 Å². The molecule has 0 saturated heterocycles. The van der Waals surface area contributed by atoms with Gasteiger partial charge in [0.1, 0.15) is 0 Å². The number of benzene rings is 2. The molecule has 28 heavy (non-hydrogen) atoms. The van der Waals surface area contributed by atoms with Crippen LogP contribution in [0.3, 0.4) is 0 Å². The van der Waals surface area contributed by atoms with Crippen LogP contribution in [0.25, 0.3) is 0 Å². The van der Waals surface area contributed by atoms with E-state index < -0.39 is 5.97 Å². The average Bonchev–Trinajstić information content (AvgIpc) is 3.05. The normalized spacial score (nSPS) is 10.6. The molecule has 0 amide bonds. The van der Waals surface area contributed by atoms with Crippen LogP contribution < -0.4 is 9.47 Å². The summed E-state index contributed by atoms with van der Waals surface area (Å²) in [4.78, 5) is 15.3. The van der Waals surface area contributed by atoms with Crippen LogP contribution in [-0.2, 0) is 13.0 Å². The molecule has 1 N–H and O–H groups in total. The molecule has 2 aromatic carbocycles. The van der Waals surface area contributed by atoms with E-state index in [0.29, 0.717) is 43.8 Å². The lowest BCUT2D eigenvalue weighted by Crippen LogP contribution is -2.06. The van der Waals surface area contributed by atoms with Gasteiger partial charge < -0.3 is 14.6 Å². The van der Waals surface area contributed by atoms with Gasteiger partial charge in [-0.15, -0.1) is 10.1 Å². The molecule has 146 valence electrons. The molecule has 0 spiro atoms. The van der Waals surface area contributed by atoms with Crippen molar-refractivity contribution >= 4 is 5.97 Å². The first kappa shape index (κ1) is 19.4. The molecular weight excluding hydrogens is 358 g/mol. The number of hydrogen-bond acceptors (Lipinski definition) is 5. The topological polar surface area (TPSA) is 86.5 Å². The summed E-state index contributed by atoms with van der Waals surface area (Å²) in [6.45, 7) is 5.29. The predicted octanol–water partition coefficient (Wildman–Crippen LogP) is 3.41. The van der Waals surface area contributed by atoms with Crippen molar-refractivity contribution in [2.45, 2.75) is 26.8 Å². The summed E-state index contributed by atoms with van der Waals surface area (Å²) in [6, 6.07) is 15.8. The fourth-order valence-electron chi connectivity index (χ4n) is 2.82. The summed E-state index contributed by atoms with van der Waals surface area (Å²) >= 11 is 0. The fourth-order valence-corrected chi connectivity index (χ4v) is 2.82. The second kappa shape index (κ2) is 9.03. The zero-order chi connectivity index (χ0) is 19.9. The van der Waals surface area contributed by atoms with Crippen LogP contribution in [0, 0.1) is 0 Å². The minimum atomic E-state index is -0.915. The highest BCUT2D eigenvalue weighted by Gasteiger charge is 2.12. The Kier molecular flexibility index (Phi) is 6.26. The number of aromatic nitrogens is 3. The minimum Gasteiger partial charge on any atom is -0.478 e. The Labute approximate surface area is 163 Å². The van der Waals surface area contributed by atoms with Crippen LogP contribution in [0.4, 0.5) is 0 Å². The monoisotopic (exact) mass is 381 g/mol. The first-order chi connectivity index (χ1) is 13.6. The highest BCUT2D eigenvalue weighted by atomic mass is 16.5. The molecule has 3 aromatic rings. The smallest absolute Gasteiger partial charge is 0.338 e. The molecule has 1 heterocycles. The minimum absolute atomic E-state index is 0.300. The third kappa shape index (κ3) is 4.88. The molecule has 7 nitrogen and oxygen atoms in total. The molecule has 0 saturated carbocycles. The van der Waals surface area contributed by atoms with Crippen molar-refractivity contribution in [2.24, 2.45) is 0 Å². The Morgan fingerprint density at radius 2 is 1.71 bits per heavy atom. The van der Waals surface area contributed by atoms with Crippen molar-refractivity contribution in [3.05, 3.63) is 70.8 Å². The zero-order valence-electron chi connectivity index (χ0n) is 16.0. The largest absolute Gasteiger partial charge is 0.478 e. The highest BCUT2D eigenvalue weighted by Crippen LogP contribution is 2.17. The van der Waals surface area contributed by atoms with Gasteiger partial charge in [-0.1, -0.05) is 36.4 Å². The van der Waals surface area contributed by atoms with Crippen LogP contribution in [-0.4, -0.2) is 39.1 Å². The molecule has 0 radical (unpaired) electrons. The number of carboxylic acids is 1. The van der Waals surface area contributed by atoms with Crippen molar-refractivity contribution < 1.29 is 19.4 Å². The summed E-state index contributed by atoms with van der Waals surface area (Å²) in [5, 5.41) is 13.4. The van der Waals surface area contributed by atoms with Crippen molar-refractivity contribution in [1.82, 2.24) is 14.8 Å². The Balaban J connectivity index is 1.71. The first-order valence-electron chi connectivity index (χ1n) is 9.19. The SMILES string of the molecule is CCOc1nc(OCC)n(Cc2ccc(Cc3cccc(C(=O)O)c3)cc2)n1. The van der Waals surface area contributed by atoms with E-state index in [-0.39, 0.29) is 0 Å². The lowest BCUT2D eigenvalue weighted by Gasteiger charge is -2.07. The summed E-state index contributed by atoms with van der Waals surface area (Å²) < 4.78 is 12.6. The average molecular weight is 381 g/mol. The van der Waals surface area contributed by atoms with Gasteiger partial charge in [0, 0.05) is 0 Å². The molecule has 0 unspecified atom stereocenters. The number of hydrogen-bond donors (Lipinski definition) is 1. The van der Waals surface area contributed by atoms with E-state index in [4.69, 9.17) is 14.6 Å². The molecular formula is C21H23N3O4. The maximum Gasteiger partial charge on any atom is 0.338 e. The van der Waals surface area contributed by atoms with Crippen molar-refractivity contribution in [3.63, 3.8) is 0 Å². The number of nitrogens with zero attached hydrogens (tertiary/aromatic N) is 3. The number of carboxylic acid groups (broad SMARTS) is 1. The first-order valence-corrected chi connectivity index (χ1v) is 9.19. The summed E-state index contributed by atoms with van der Waals surface area (Å²) in [7, 11) is 0. The number of carbonyl (C=O) groups is 1. The summed E-state index contributed by atoms with van der Waals surface area (Å²) in [5.41, 5.74) is 3.42. The molecule has 0 fully saturated rings. The van der Waals surface area contributed by atoms with E-state index in [1.807, 2.05) is 44.2 Å². The molecule has 1 aromatic heterocycles. The van der Waals surface area contributed by atoms with Gasteiger partial charge in [-0.3, -0.25) is 0 Å². The lowest BCUT2D eigenvalue weighted by atomic mass is 10.0. The molecule has 7 heteroatoms. The van der Waals surface area contributed by atoms with Gasteiger partial charge in [-0.2, -0.15) is 0 Å². The van der Waals surface area contributed by atoms with Crippen molar-refractivity contribution in [3.8, 4) is 12.0 Å². The number of ether oxygens (including phenoxy) is 2. The van der Waals surface area contributed by atoms with E-state index in [1.54, 1.807) is 22.9 Å². The van der Waals surface area contributed by atoms with E-state index >= 15 is 0 Å². The molecule has 0 bridgehead atoms. The molecule has 0 aliphatic rings. The van der Waals surface area contributed by atoms with E-state index in [1.165, 1.54) is 0 Å². The third-order valence-electron chi connectivity index (χ3n) is 4.10. The van der Waals surface area contributed by atoms with Gasteiger partial charge in [-0.05, 0) is 49.1 Å². The molecule has 0 aliphatic carbocycles. The van der Waals surface area contributed by atoms with Gasteiger partial charge in [0.25, 0.3) is 0 Å². The number of rotatable bonds is 9. The molecule has 3 rings (SSSR count). The van der Waals surface area contributed by atoms with Gasteiger partial charge in [-0.25, -0.2) is 9.48 Å². The number of aromatic carboxylic acids is 1. The van der Waals surface area contributed by atoms with Gasteiger partial charge in [0.2, 0.25) is 0 Å². The predicted molar refractivity (Wildman–Crippen MR) is 104 cm³/mol. The lowest BCUT2D eigenvalue weighted by molar-refractivity contribution is 0.0696. The van der Waals surface area contributed by atoms with E-state index in [9.17, 15) is 4.79 Å². The second-order valence-electron chi connectivity index (χ2n) is 6.20. The van der Waals surface area contributed by atoms with Crippen LogP contribution in [0.2, 0.25) is 0 Å². The van der Waals surface area contributed by atoms with Gasteiger partial charge in [0.15, 0.2) is 0 Å². The molecule has 0 aliphatic heterocycles. The van der Waals surface area contributed by atoms with Crippen LogP contribution in [0.1, 0.15) is 40.9 Å². The van der Waals surface area contributed by atoms with Crippen LogP contribution in [0.15, 0.2) is 48.5 Å². The zero-order valence-corrected chi connectivity index (χ0v) is 16.0. The van der Waals surface area contributed by atoms with Crippen LogP contribution >= 0.6 is 0 Å². The third-order valence-corrected chi connectivity index (χ3v) is 4.10. The van der Waals surface area contributed by atoms with Crippen molar-refractivity contribution in [2.75, 3.05) is 13.2 Å². The van der Waals surface area contributed by atoms with Gasteiger partial charge >= 0.3 is 18.0 Å². The van der Waals surface area contributed by atoms with E-state index in [2.05, 4.69) is 10.1 Å². The van der Waals surface area contributed by atoms with Crippen LogP contribution in [0.5, 0.6) is 12.0 Å². The maximum atomic E-state index is 11.1.